The third-order valence-electron chi connectivity index (χ3n) is 6.12. The molecule has 0 heterocycles. The summed E-state index contributed by atoms with van der Waals surface area (Å²) in [5.41, 5.74) is 2.79. The molecule has 0 amide bonds. The first kappa shape index (κ1) is 25.2. The second kappa shape index (κ2) is 11.7. The normalized spacial score (nSPS) is 12.2. The van der Waals surface area contributed by atoms with E-state index in [0.717, 1.165) is 22.3 Å². The molecule has 3 nitrogen and oxygen atoms in total. The molecule has 182 valence electrons. The summed E-state index contributed by atoms with van der Waals surface area (Å²) in [4.78, 5) is 12.7. The summed E-state index contributed by atoms with van der Waals surface area (Å²) in [6.45, 7) is 5.53. The van der Waals surface area contributed by atoms with Gasteiger partial charge in [0.25, 0.3) is 0 Å². The van der Waals surface area contributed by atoms with Crippen LogP contribution in [0.5, 0.6) is 0 Å². The molecule has 4 rings (SSSR count). The zero-order valence-corrected chi connectivity index (χ0v) is 20.3. The fraction of sp³-hybridized carbons (Fsp3) is 0.156. The molecule has 1 atom stereocenters. The molecule has 0 radical (unpaired) electrons. The number of Topliss-reactive ketones (excluding diaryl/α,β-unsaturated/α-hetero) is 1. The number of ether oxygens (including phenoxy) is 2. The Morgan fingerprint density at radius 1 is 0.861 bits per heavy atom. The van der Waals surface area contributed by atoms with Gasteiger partial charge in [0.1, 0.15) is 18.0 Å². The Morgan fingerprint density at radius 3 is 1.83 bits per heavy atom. The molecule has 36 heavy (non-hydrogen) atoms. The molecule has 4 aromatic carbocycles. The first-order chi connectivity index (χ1) is 17.5. The van der Waals surface area contributed by atoms with Crippen molar-refractivity contribution in [2.75, 3.05) is 13.2 Å². The smallest absolute Gasteiger partial charge is 0.191 e. The third kappa shape index (κ3) is 5.51. The van der Waals surface area contributed by atoms with Crippen LogP contribution in [0.4, 0.5) is 4.39 Å². The van der Waals surface area contributed by atoms with Crippen LogP contribution in [0.25, 0.3) is 0 Å². The van der Waals surface area contributed by atoms with E-state index in [2.05, 4.69) is 6.58 Å². The maximum atomic E-state index is 14.2. The van der Waals surface area contributed by atoms with E-state index in [4.69, 9.17) is 9.47 Å². The Hall–Kier alpha value is -3.86. The van der Waals surface area contributed by atoms with Gasteiger partial charge < -0.3 is 9.47 Å². The van der Waals surface area contributed by atoms with Gasteiger partial charge in [-0.25, -0.2) is 4.39 Å². The molecule has 0 aliphatic rings. The topological polar surface area (TPSA) is 35.5 Å². The maximum Gasteiger partial charge on any atom is 0.191 e. The molecule has 0 spiro atoms. The van der Waals surface area contributed by atoms with E-state index in [1.807, 2.05) is 97.9 Å². The summed E-state index contributed by atoms with van der Waals surface area (Å²) in [5, 5.41) is 0. The standard InChI is InChI=1S/C32H29FO3/c1-3-28(35-23-31(34)29-21-24(2)19-20-30(29)33)22-36-32(25-13-7-4-8-14-25,26-15-9-5-10-16-26)27-17-11-6-12-18-27/h3-21,28H,1,22-23H2,2H3. The third-order valence-corrected chi connectivity index (χ3v) is 6.12. The number of rotatable bonds is 11. The van der Waals surface area contributed by atoms with Gasteiger partial charge in [0.2, 0.25) is 0 Å². The van der Waals surface area contributed by atoms with Crippen LogP contribution in [0.1, 0.15) is 32.6 Å². The first-order valence-corrected chi connectivity index (χ1v) is 11.9. The van der Waals surface area contributed by atoms with E-state index in [1.165, 1.54) is 12.1 Å². The van der Waals surface area contributed by atoms with Crippen LogP contribution in [-0.2, 0) is 15.1 Å². The summed E-state index contributed by atoms with van der Waals surface area (Å²) in [7, 11) is 0. The lowest BCUT2D eigenvalue weighted by atomic mass is 9.80. The van der Waals surface area contributed by atoms with Gasteiger partial charge in [-0.1, -0.05) is 109 Å². The van der Waals surface area contributed by atoms with Crippen molar-refractivity contribution < 1.29 is 18.7 Å². The van der Waals surface area contributed by atoms with Gasteiger partial charge in [-0.05, 0) is 35.7 Å². The number of benzene rings is 4. The number of hydrogen-bond acceptors (Lipinski definition) is 3. The summed E-state index contributed by atoms with van der Waals surface area (Å²) in [6.07, 6.45) is 1.02. The van der Waals surface area contributed by atoms with Gasteiger partial charge in [-0.3, -0.25) is 4.79 Å². The van der Waals surface area contributed by atoms with Gasteiger partial charge in [0.05, 0.1) is 18.3 Å². The van der Waals surface area contributed by atoms with Crippen molar-refractivity contribution in [2.24, 2.45) is 0 Å². The van der Waals surface area contributed by atoms with Crippen LogP contribution < -0.4 is 0 Å². The van der Waals surface area contributed by atoms with Crippen molar-refractivity contribution >= 4 is 5.78 Å². The Labute approximate surface area is 211 Å². The highest BCUT2D eigenvalue weighted by Gasteiger charge is 2.38. The van der Waals surface area contributed by atoms with Crippen LogP contribution in [0.3, 0.4) is 0 Å². The predicted octanol–water partition coefficient (Wildman–Crippen LogP) is 6.90. The van der Waals surface area contributed by atoms with E-state index >= 15 is 0 Å². The summed E-state index contributed by atoms with van der Waals surface area (Å²) < 4.78 is 26.8. The fourth-order valence-electron chi connectivity index (χ4n) is 4.27. The van der Waals surface area contributed by atoms with Crippen LogP contribution in [0.15, 0.2) is 122 Å². The summed E-state index contributed by atoms with van der Waals surface area (Å²) in [6, 6.07) is 34.5. The van der Waals surface area contributed by atoms with Crippen molar-refractivity contribution in [3.05, 3.63) is 155 Å². The van der Waals surface area contributed by atoms with E-state index in [-0.39, 0.29) is 18.8 Å². The first-order valence-electron chi connectivity index (χ1n) is 11.9. The molecule has 0 aliphatic heterocycles. The lowest BCUT2D eigenvalue weighted by Crippen LogP contribution is -2.36. The quantitative estimate of drug-likeness (QED) is 0.133. The molecule has 4 aromatic rings. The van der Waals surface area contributed by atoms with E-state index in [0.29, 0.717) is 0 Å². The predicted molar refractivity (Wildman–Crippen MR) is 141 cm³/mol. The Kier molecular flexibility index (Phi) is 8.21. The van der Waals surface area contributed by atoms with E-state index < -0.39 is 23.3 Å². The molecule has 0 fully saturated rings. The maximum absolute atomic E-state index is 14.2. The number of carbonyl (C=O) groups excluding carboxylic acids is 1. The largest absolute Gasteiger partial charge is 0.364 e. The number of halogens is 1. The minimum Gasteiger partial charge on any atom is -0.364 e. The Balaban J connectivity index is 1.62. The van der Waals surface area contributed by atoms with E-state index in [1.54, 1.807) is 12.1 Å². The number of carbonyl (C=O) groups is 1. The van der Waals surface area contributed by atoms with Gasteiger partial charge in [0.15, 0.2) is 5.78 Å². The van der Waals surface area contributed by atoms with E-state index in [9.17, 15) is 9.18 Å². The van der Waals surface area contributed by atoms with Gasteiger partial charge in [-0.15, -0.1) is 6.58 Å². The van der Waals surface area contributed by atoms with Crippen molar-refractivity contribution in [3.63, 3.8) is 0 Å². The Bertz CT molecular complexity index is 1190. The van der Waals surface area contributed by atoms with Gasteiger partial charge in [-0.2, -0.15) is 0 Å². The Morgan fingerprint density at radius 2 is 1.36 bits per heavy atom. The zero-order valence-electron chi connectivity index (χ0n) is 20.3. The molecule has 0 saturated carbocycles. The molecule has 4 heteroatoms. The minimum absolute atomic E-state index is 0.0194. The molecule has 0 aliphatic carbocycles. The van der Waals surface area contributed by atoms with Gasteiger partial charge in [0, 0.05) is 0 Å². The van der Waals surface area contributed by atoms with Crippen LogP contribution >= 0.6 is 0 Å². The lowest BCUT2D eigenvalue weighted by molar-refractivity contribution is -0.0445. The van der Waals surface area contributed by atoms with Crippen LogP contribution in [0, 0.1) is 12.7 Å². The van der Waals surface area contributed by atoms with Crippen molar-refractivity contribution in [1.29, 1.82) is 0 Å². The van der Waals surface area contributed by atoms with Crippen LogP contribution in [0.2, 0.25) is 0 Å². The summed E-state index contributed by atoms with van der Waals surface area (Å²) in [5.74, 6) is -0.986. The molecule has 0 aromatic heterocycles. The molecular weight excluding hydrogens is 451 g/mol. The molecular formula is C32H29FO3. The molecule has 0 N–H and O–H groups in total. The highest BCUT2D eigenvalue weighted by atomic mass is 19.1. The number of ketones is 1. The van der Waals surface area contributed by atoms with Crippen LogP contribution in [-0.4, -0.2) is 25.1 Å². The summed E-state index contributed by atoms with van der Waals surface area (Å²) >= 11 is 0. The SMILES string of the molecule is C=CC(COC(c1ccccc1)(c1ccccc1)c1ccccc1)OCC(=O)c1cc(C)ccc1F. The fourth-order valence-corrected chi connectivity index (χ4v) is 4.27. The van der Waals surface area contributed by atoms with Crippen molar-refractivity contribution in [1.82, 2.24) is 0 Å². The average molecular weight is 481 g/mol. The molecule has 0 bridgehead atoms. The minimum atomic E-state index is -0.916. The van der Waals surface area contributed by atoms with Gasteiger partial charge >= 0.3 is 0 Å². The monoisotopic (exact) mass is 480 g/mol. The average Bonchev–Trinajstić information content (AvgIpc) is 2.93. The molecule has 1 unspecified atom stereocenters. The highest BCUT2D eigenvalue weighted by molar-refractivity contribution is 5.97. The number of aryl methyl sites for hydroxylation is 1. The van der Waals surface area contributed by atoms with Crippen molar-refractivity contribution in [3.8, 4) is 0 Å². The van der Waals surface area contributed by atoms with Crippen molar-refractivity contribution in [2.45, 2.75) is 18.6 Å². The lowest BCUT2D eigenvalue weighted by Gasteiger charge is -2.36. The highest BCUT2D eigenvalue weighted by Crippen LogP contribution is 2.40. The number of hydrogen-bond donors (Lipinski definition) is 0. The zero-order chi connectivity index (χ0) is 25.4. The second-order valence-electron chi connectivity index (χ2n) is 8.58. The second-order valence-corrected chi connectivity index (χ2v) is 8.58. The molecule has 0 saturated heterocycles.